The Morgan fingerprint density at radius 3 is 2.74 bits per heavy atom. The highest BCUT2D eigenvalue weighted by molar-refractivity contribution is 7.13. The molecule has 8 heteroatoms. The van der Waals surface area contributed by atoms with Gasteiger partial charge in [0.2, 0.25) is 0 Å². The van der Waals surface area contributed by atoms with Crippen molar-refractivity contribution in [3.05, 3.63) is 70.0 Å². The molecule has 0 atom stereocenters. The summed E-state index contributed by atoms with van der Waals surface area (Å²) >= 11 is 1.17. The number of carboxylic acids is 1. The molecule has 0 amide bonds. The molecule has 0 radical (unpaired) electrons. The van der Waals surface area contributed by atoms with E-state index >= 15 is 0 Å². The molecule has 1 aromatic carbocycles. The molecule has 4 N–H and O–H groups in total. The molecule has 7 nitrogen and oxygen atoms in total. The first-order valence-electron chi connectivity index (χ1n) is 8.02. The maximum absolute atomic E-state index is 11.0. The molecule has 27 heavy (non-hydrogen) atoms. The molecule has 2 aromatic rings. The quantitative estimate of drug-likeness (QED) is 0.387. The molecule has 1 aromatic heterocycles. The van der Waals surface area contributed by atoms with E-state index < -0.39 is 5.97 Å². The van der Waals surface area contributed by atoms with E-state index in [-0.39, 0.29) is 5.69 Å². The summed E-state index contributed by atoms with van der Waals surface area (Å²) in [7, 11) is 0. The number of aryl methyl sites for hydroxylation is 2. The zero-order valence-electron chi connectivity index (χ0n) is 15.2. The van der Waals surface area contributed by atoms with Gasteiger partial charge in [-0.1, -0.05) is 18.7 Å². The molecule has 0 spiro atoms. The van der Waals surface area contributed by atoms with Gasteiger partial charge < -0.3 is 15.8 Å². The number of aromatic nitrogens is 1. The zero-order valence-corrected chi connectivity index (χ0v) is 16.0. The number of hydrogen-bond acceptors (Lipinski definition) is 7. The van der Waals surface area contributed by atoms with E-state index in [1.54, 1.807) is 6.08 Å². The van der Waals surface area contributed by atoms with Crippen LogP contribution in [-0.4, -0.2) is 28.5 Å². The van der Waals surface area contributed by atoms with Gasteiger partial charge in [0, 0.05) is 29.9 Å². The number of aromatic carboxylic acids is 1. The van der Waals surface area contributed by atoms with Crippen LogP contribution in [0.2, 0.25) is 0 Å². The molecule has 0 saturated carbocycles. The van der Waals surface area contributed by atoms with E-state index in [0.29, 0.717) is 28.7 Å². The molecular weight excluding hydrogens is 362 g/mol. The predicted octanol–water partition coefficient (Wildman–Crippen LogP) is 3.93. The zero-order chi connectivity index (χ0) is 20.0. The second-order valence-corrected chi connectivity index (χ2v) is 6.76. The fourth-order valence-corrected chi connectivity index (χ4v) is 2.96. The maximum Gasteiger partial charge on any atom is 0.355 e. The van der Waals surface area contributed by atoms with E-state index in [0.717, 1.165) is 16.7 Å². The van der Waals surface area contributed by atoms with Crippen molar-refractivity contribution >= 4 is 34.9 Å². The van der Waals surface area contributed by atoms with Crippen molar-refractivity contribution in [2.45, 2.75) is 20.3 Å². The summed E-state index contributed by atoms with van der Waals surface area (Å²) in [5.41, 5.74) is 7.21. The van der Waals surface area contributed by atoms with E-state index in [1.165, 1.54) is 16.7 Å². The topological polar surface area (TPSA) is 110 Å². The molecule has 0 unspecified atom stereocenters. The van der Waals surface area contributed by atoms with Crippen LogP contribution in [0.1, 0.15) is 33.6 Å². The SMILES string of the molecule is C=NNC(=C)C/C(=C/C(=N)c1ccc(C)c(C)c1)Nc1nc(C(=O)O)cs1. The van der Waals surface area contributed by atoms with Crippen LogP contribution in [0.4, 0.5) is 5.13 Å². The van der Waals surface area contributed by atoms with Crippen LogP contribution in [0.3, 0.4) is 0 Å². The summed E-state index contributed by atoms with van der Waals surface area (Å²) in [5.74, 6) is -1.09. The second-order valence-electron chi connectivity index (χ2n) is 5.90. The molecule has 0 aliphatic rings. The first kappa shape index (κ1) is 20.1. The number of thiazole rings is 1. The van der Waals surface area contributed by atoms with Gasteiger partial charge in [-0.25, -0.2) is 9.78 Å². The third kappa shape index (κ3) is 5.61. The van der Waals surface area contributed by atoms with E-state index in [9.17, 15) is 4.79 Å². The maximum atomic E-state index is 11.0. The van der Waals surface area contributed by atoms with Crippen LogP contribution < -0.4 is 10.7 Å². The number of hydrazone groups is 1. The minimum absolute atomic E-state index is 0.0317. The van der Waals surface area contributed by atoms with Crippen LogP contribution in [0, 0.1) is 19.3 Å². The fourth-order valence-electron chi connectivity index (χ4n) is 2.25. The lowest BCUT2D eigenvalue weighted by Crippen LogP contribution is -2.10. The Bertz CT molecular complexity index is 930. The first-order chi connectivity index (χ1) is 12.8. The molecule has 0 saturated heterocycles. The number of carbonyl (C=O) groups is 1. The van der Waals surface area contributed by atoms with Gasteiger partial charge in [0.25, 0.3) is 0 Å². The smallest absolute Gasteiger partial charge is 0.355 e. The highest BCUT2D eigenvalue weighted by atomic mass is 32.1. The summed E-state index contributed by atoms with van der Waals surface area (Å²) in [6.45, 7) is 11.2. The van der Waals surface area contributed by atoms with Gasteiger partial charge in [0.05, 0.1) is 5.71 Å². The standard InChI is InChI=1S/C19H21N5O2S/c1-11-5-6-14(7-12(11)2)16(20)9-15(8-13(3)24-21-4)22-19-23-17(10-27-19)18(25)26/h5-7,9-10,20,24H,3-4,8H2,1-2H3,(H,22,23)(H,25,26)/b15-9-,20-16?. The number of anilines is 1. The van der Waals surface area contributed by atoms with Gasteiger partial charge in [0.1, 0.15) is 0 Å². The summed E-state index contributed by atoms with van der Waals surface area (Å²) < 4.78 is 0. The number of allylic oxidation sites excluding steroid dienone is 1. The van der Waals surface area contributed by atoms with Crippen molar-refractivity contribution in [3.8, 4) is 0 Å². The lowest BCUT2D eigenvalue weighted by Gasteiger charge is -2.12. The average molecular weight is 383 g/mol. The van der Waals surface area contributed by atoms with Gasteiger partial charge in [0.15, 0.2) is 10.8 Å². The van der Waals surface area contributed by atoms with Crippen molar-refractivity contribution in [1.29, 1.82) is 5.41 Å². The predicted molar refractivity (Wildman–Crippen MR) is 110 cm³/mol. The van der Waals surface area contributed by atoms with Gasteiger partial charge in [-0.05, 0) is 42.7 Å². The molecule has 2 rings (SSSR count). The van der Waals surface area contributed by atoms with E-state index in [2.05, 4.69) is 34.1 Å². The Labute approximate surface area is 161 Å². The van der Waals surface area contributed by atoms with Crippen molar-refractivity contribution in [2.24, 2.45) is 5.10 Å². The molecule has 0 aliphatic carbocycles. The number of nitrogens with one attached hydrogen (secondary N) is 3. The monoisotopic (exact) mass is 383 g/mol. The highest BCUT2D eigenvalue weighted by Gasteiger charge is 2.11. The lowest BCUT2D eigenvalue weighted by atomic mass is 10.0. The normalized spacial score (nSPS) is 11.0. The first-order valence-corrected chi connectivity index (χ1v) is 8.90. The summed E-state index contributed by atoms with van der Waals surface area (Å²) in [4.78, 5) is 15.0. The number of nitrogens with zero attached hydrogens (tertiary/aromatic N) is 2. The van der Waals surface area contributed by atoms with E-state index in [1.807, 2.05) is 32.0 Å². The number of benzene rings is 1. The third-order valence-corrected chi connectivity index (χ3v) is 4.53. The Hall–Kier alpha value is -3.26. The Kier molecular flexibility index (Phi) is 6.62. The van der Waals surface area contributed by atoms with Gasteiger partial charge in [-0.2, -0.15) is 5.10 Å². The number of carboxylic acid groups (broad SMARTS) is 1. The molecule has 0 bridgehead atoms. The van der Waals surface area contributed by atoms with Crippen molar-refractivity contribution < 1.29 is 9.90 Å². The van der Waals surface area contributed by atoms with Crippen molar-refractivity contribution in [1.82, 2.24) is 10.4 Å². The largest absolute Gasteiger partial charge is 0.476 e. The number of hydrogen-bond donors (Lipinski definition) is 4. The molecule has 1 heterocycles. The third-order valence-electron chi connectivity index (χ3n) is 3.77. The highest BCUT2D eigenvalue weighted by Crippen LogP contribution is 2.20. The minimum Gasteiger partial charge on any atom is -0.476 e. The minimum atomic E-state index is -1.09. The van der Waals surface area contributed by atoms with Gasteiger partial charge in [-0.3, -0.25) is 5.43 Å². The summed E-state index contributed by atoms with van der Waals surface area (Å²) in [6, 6.07) is 5.82. The lowest BCUT2D eigenvalue weighted by molar-refractivity contribution is 0.0691. The Morgan fingerprint density at radius 2 is 2.15 bits per heavy atom. The molecule has 0 fully saturated rings. The van der Waals surface area contributed by atoms with E-state index in [4.69, 9.17) is 10.5 Å². The molecular formula is C19H21N5O2S. The van der Waals surface area contributed by atoms with Crippen LogP contribution in [0.5, 0.6) is 0 Å². The summed E-state index contributed by atoms with van der Waals surface area (Å²) in [5, 5.41) is 25.9. The van der Waals surface area contributed by atoms with Crippen molar-refractivity contribution in [2.75, 3.05) is 5.32 Å². The average Bonchev–Trinajstić information content (AvgIpc) is 3.06. The Balaban J connectivity index is 2.28. The second kappa shape index (κ2) is 8.91. The van der Waals surface area contributed by atoms with Gasteiger partial charge in [-0.15, -0.1) is 11.3 Å². The molecule has 140 valence electrons. The van der Waals surface area contributed by atoms with Crippen LogP contribution >= 0.6 is 11.3 Å². The van der Waals surface area contributed by atoms with Crippen LogP contribution in [0.15, 0.2) is 52.7 Å². The number of rotatable bonds is 9. The van der Waals surface area contributed by atoms with Crippen LogP contribution in [0.25, 0.3) is 0 Å². The fraction of sp³-hybridized carbons (Fsp3) is 0.158. The van der Waals surface area contributed by atoms with Gasteiger partial charge >= 0.3 is 5.97 Å². The molecule has 0 aliphatic heterocycles. The van der Waals surface area contributed by atoms with Crippen molar-refractivity contribution in [3.63, 3.8) is 0 Å². The van der Waals surface area contributed by atoms with Crippen LogP contribution in [-0.2, 0) is 0 Å². The Morgan fingerprint density at radius 1 is 1.41 bits per heavy atom. The summed E-state index contributed by atoms with van der Waals surface area (Å²) in [6.07, 6.45) is 2.01.